The van der Waals surface area contributed by atoms with Crippen molar-refractivity contribution in [1.29, 1.82) is 0 Å². The van der Waals surface area contributed by atoms with Crippen molar-refractivity contribution in [2.24, 2.45) is 0 Å². The number of aromatic nitrogens is 5. The summed E-state index contributed by atoms with van der Waals surface area (Å²) in [5.41, 5.74) is 2.84. The minimum atomic E-state index is -0.992. The average molecular weight is 620 g/mol. The summed E-state index contributed by atoms with van der Waals surface area (Å²) in [7, 11) is 1.64. The molecule has 2 unspecified atom stereocenters. The molecule has 2 aliphatic heterocycles. The van der Waals surface area contributed by atoms with E-state index in [1.807, 2.05) is 48.5 Å². The van der Waals surface area contributed by atoms with Gasteiger partial charge in [-0.2, -0.15) is 5.10 Å². The van der Waals surface area contributed by atoms with Crippen molar-refractivity contribution < 1.29 is 18.9 Å². The van der Waals surface area contributed by atoms with Gasteiger partial charge in [0.2, 0.25) is 5.79 Å². The first kappa shape index (κ1) is 27.8. The van der Waals surface area contributed by atoms with Crippen molar-refractivity contribution in [1.82, 2.24) is 24.7 Å². The van der Waals surface area contributed by atoms with Crippen molar-refractivity contribution in [3.63, 3.8) is 0 Å². The van der Waals surface area contributed by atoms with Gasteiger partial charge in [-0.1, -0.05) is 23.7 Å². The molecule has 0 aliphatic carbocycles. The van der Waals surface area contributed by atoms with E-state index < -0.39 is 5.79 Å². The summed E-state index contributed by atoms with van der Waals surface area (Å²) in [5, 5.41) is 4.23. The normalized spacial score (nSPS) is 20.6. The van der Waals surface area contributed by atoms with E-state index in [2.05, 4.69) is 37.0 Å². The molecule has 0 radical (unpaired) electrons. The molecule has 13 heteroatoms. The predicted octanol–water partition coefficient (Wildman–Crippen LogP) is 4.62. The van der Waals surface area contributed by atoms with Gasteiger partial charge < -0.3 is 28.7 Å². The highest BCUT2D eigenvalue weighted by Crippen LogP contribution is 2.41. The SMILES string of the molecule is COc1nc2ccccc2nc1N1CCN(c2ccc(OCC3COC(Cn4cncn4)(c4ccc(Cl)s4)O3)cc2)CC1. The lowest BCUT2D eigenvalue weighted by atomic mass is 10.2. The minimum absolute atomic E-state index is 0.257. The smallest absolute Gasteiger partial charge is 0.257 e. The number of hydrogen-bond donors (Lipinski definition) is 0. The second-order valence-corrected chi connectivity index (χ2v) is 12.0. The Bertz CT molecular complexity index is 1680. The Labute approximate surface area is 257 Å². The molecule has 0 bridgehead atoms. The van der Waals surface area contributed by atoms with Crippen LogP contribution < -0.4 is 19.3 Å². The van der Waals surface area contributed by atoms with Crippen molar-refractivity contribution in [2.75, 3.05) is 56.3 Å². The molecule has 0 spiro atoms. The maximum Gasteiger partial charge on any atom is 0.257 e. The maximum atomic E-state index is 6.43. The van der Waals surface area contributed by atoms with E-state index in [0.29, 0.717) is 30.0 Å². The van der Waals surface area contributed by atoms with Crippen molar-refractivity contribution in [3.8, 4) is 11.6 Å². The Hall–Kier alpha value is -3.97. The fraction of sp³-hybridized carbons (Fsp3) is 0.333. The monoisotopic (exact) mass is 619 g/mol. The van der Waals surface area contributed by atoms with Gasteiger partial charge in [-0.15, -0.1) is 11.3 Å². The first-order valence-corrected chi connectivity index (χ1v) is 15.2. The second-order valence-electron chi connectivity index (χ2n) is 10.3. The Morgan fingerprint density at radius 1 is 0.977 bits per heavy atom. The van der Waals surface area contributed by atoms with Crippen LogP contribution in [-0.4, -0.2) is 77.3 Å². The van der Waals surface area contributed by atoms with Crippen LogP contribution in [0.4, 0.5) is 11.5 Å². The number of anilines is 2. The third-order valence-electron chi connectivity index (χ3n) is 7.58. The van der Waals surface area contributed by atoms with Gasteiger partial charge in [-0.25, -0.2) is 19.6 Å². The molecule has 0 N–H and O–H groups in total. The highest BCUT2D eigenvalue weighted by atomic mass is 35.5. The van der Waals surface area contributed by atoms with Gasteiger partial charge in [0.05, 0.1) is 34.0 Å². The highest BCUT2D eigenvalue weighted by Gasteiger charge is 2.45. The zero-order valence-corrected chi connectivity index (χ0v) is 25.1. The van der Waals surface area contributed by atoms with Gasteiger partial charge in [0.25, 0.3) is 5.88 Å². The Morgan fingerprint density at radius 3 is 2.44 bits per heavy atom. The first-order valence-electron chi connectivity index (χ1n) is 14.0. The standard InChI is InChI=1S/C30H30ClN7O4S/c1-39-29-28(34-24-4-2-3-5-25(24)35-29)37-14-12-36(13-15-37)21-6-8-22(9-7-21)40-16-23-17-41-30(42-23,18-38-20-32-19-33-38)26-10-11-27(31)43-26/h2-11,19-20,23H,12-18H2,1H3. The van der Waals surface area contributed by atoms with Crippen LogP contribution in [0.2, 0.25) is 4.34 Å². The zero-order chi connectivity index (χ0) is 29.2. The summed E-state index contributed by atoms with van der Waals surface area (Å²) in [6, 6.07) is 19.8. The van der Waals surface area contributed by atoms with Crippen LogP contribution >= 0.6 is 22.9 Å². The van der Waals surface area contributed by atoms with Gasteiger partial charge >= 0.3 is 0 Å². The van der Waals surface area contributed by atoms with Gasteiger partial charge in [-0.3, -0.25) is 0 Å². The number of rotatable bonds is 9. The van der Waals surface area contributed by atoms with Crippen molar-refractivity contribution in [2.45, 2.75) is 18.4 Å². The fourth-order valence-electron chi connectivity index (χ4n) is 5.42. The zero-order valence-electron chi connectivity index (χ0n) is 23.5. The molecule has 5 heterocycles. The molecule has 5 aromatic rings. The largest absolute Gasteiger partial charge is 0.491 e. The average Bonchev–Trinajstić information content (AvgIpc) is 3.82. The molecule has 2 saturated heterocycles. The summed E-state index contributed by atoms with van der Waals surface area (Å²) in [6.07, 6.45) is 2.88. The van der Waals surface area contributed by atoms with Crippen LogP contribution in [0.15, 0.2) is 73.3 Å². The van der Waals surface area contributed by atoms with Gasteiger partial charge in [0.1, 0.15) is 37.7 Å². The number of thiophene rings is 1. The van der Waals surface area contributed by atoms with Gasteiger partial charge in [-0.05, 0) is 48.5 Å². The minimum Gasteiger partial charge on any atom is -0.491 e. The number of benzene rings is 2. The molecule has 0 amide bonds. The molecule has 222 valence electrons. The van der Waals surface area contributed by atoms with E-state index >= 15 is 0 Å². The second kappa shape index (κ2) is 12.0. The number of para-hydroxylation sites is 2. The van der Waals surface area contributed by atoms with E-state index in [1.165, 1.54) is 17.7 Å². The number of ether oxygens (including phenoxy) is 4. The van der Waals surface area contributed by atoms with Crippen LogP contribution in [0.25, 0.3) is 11.0 Å². The number of nitrogens with zero attached hydrogens (tertiary/aromatic N) is 7. The van der Waals surface area contributed by atoms with Gasteiger partial charge in [0, 0.05) is 31.9 Å². The summed E-state index contributed by atoms with van der Waals surface area (Å²) >= 11 is 7.66. The third-order valence-corrected chi connectivity index (χ3v) is 8.93. The van der Waals surface area contributed by atoms with Gasteiger partial charge in [0.15, 0.2) is 5.82 Å². The molecule has 7 rings (SSSR count). The lowest BCUT2D eigenvalue weighted by molar-refractivity contribution is -0.188. The van der Waals surface area contributed by atoms with E-state index in [0.717, 1.165) is 59.3 Å². The van der Waals surface area contributed by atoms with E-state index in [-0.39, 0.29) is 6.10 Å². The maximum absolute atomic E-state index is 6.43. The quantitative estimate of drug-likeness (QED) is 0.232. The molecule has 11 nitrogen and oxygen atoms in total. The lowest BCUT2D eigenvalue weighted by Crippen LogP contribution is -2.47. The van der Waals surface area contributed by atoms with Crippen LogP contribution in [0.5, 0.6) is 11.6 Å². The third kappa shape index (κ3) is 5.83. The summed E-state index contributed by atoms with van der Waals surface area (Å²) in [6.45, 7) is 4.43. The molecular formula is C30H30ClN7O4S. The topological polar surface area (TPSA) is 99.9 Å². The van der Waals surface area contributed by atoms with Crippen molar-refractivity contribution >= 4 is 45.5 Å². The summed E-state index contributed by atoms with van der Waals surface area (Å²) in [4.78, 5) is 19.0. The van der Waals surface area contributed by atoms with E-state index in [1.54, 1.807) is 18.1 Å². The number of methoxy groups -OCH3 is 1. The molecule has 3 aromatic heterocycles. The molecule has 2 aromatic carbocycles. The number of hydrogen-bond acceptors (Lipinski definition) is 11. The first-order chi connectivity index (χ1) is 21.1. The molecule has 2 atom stereocenters. The predicted molar refractivity (Wildman–Crippen MR) is 164 cm³/mol. The number of piperazine rings is 1. The van der Waals surface area contributed by atoms with Crippen LogP contribution in [0.3, 0.4) is 0 Å². The Morgan fingerprint density at radius 2 is 1.74 bits per heavy atom. The number of halogens is 1. The van der Waals surface area contributed by atoms with E-state index in [4.69, 9.17) is 35.5 Å². The molecule has 0 saturated carbocycles. The van der Waals surface area contributed by atoms with Crippen LogP contribution in [-0.2, 0) is 21.8 Å². The fourth-order valence-corrected chi connectivity index (χ4v) is 6.54. The summed E-state index contributed by atoms with van der Waals surface area (Å²) < 4.78 is 26.7. The van der Waals surface area contributed by atoms with Crippen LogP contribution in [0.1, 0.15) is 4.88 Å². The Kier molecular flexibility index (Phi) is 7.74. The molecular weight excluding hydrogens is 590 g/mol. The van der Waals surface area contributed by atoms with E-state index in [9.17, 15) is 0 Å². The van der Waals surface area contributed by atoms with Crippen molar-refractivity contribution in [3.05, 3.63) is 82.5 Å². The number of fused-ring (bicyclic) bond motifs is 1. The molecule has 2 aliphatic rings. The Balaban J connectivity index is 0.953. The molecule has 43 heavy (non-hydrogen) atoms. The highest BCUT2D eigenvalue weighted by molar-refractivity contribution is 7.16. The summed E-state index contributed by atoms with van der Waals surface area (Å²) in [5.74, 6) is 1.12. The lowest BCUT2D eigenvalue weighted by Gasteiger charge is -2.37. The molecule has 2 fully saturated rings. The van der Waals surface area contributed by atoms with Crippen LogP contribution in [0, 0.1) is 0 Å².